The Morgan fingerprint density at radius 3 is 1.78 bits per heavy atom. The molecule has 0 aliphatic heterocycles. The van der Waals surface area contributed by atoms with E-state index in [1.165, 1.54) is 38.2 Å². The molecule has 0 unspecified atom stereocenters. The Labute approximate surface area is 138 Å². The molecule has 0 bridgehead atoms. The highest BCUT2D eigenvalue weighted by Gasteiger charge is 2.14. The fourth-order valence-electron chi connectivity index (χ4n) is 3.19. The molecule has 3 rings (SSSR count). The van der Waals surface area contributed by atoms with Crippen molar-refractivity contribution in [3.05, 3.63) is 59.2 Å². The Morgan fingerprint density at radius 1 is 0.696 bits per heavy atom. The van der Waals surface area contributed by atoms with Gasteiger partial charge in [0.2, 0.25) is 0 Å². The highest BCUT2D eigenvalue weighted by molar-refractivity contribution is 6.05. The molecule has 3 aromatic carbocycles. The molecule has 2 heteroatoms. The van der Waals surface area contributed by atoms with Gasteiger partial charge >= 0.3 is 0 Å². The van der Waals surface area contributed by atoms with Crippen molar-refractivity contribution in [2.24, 2.45) is 0 Å². The standard InChI is InChI=1S/C21H24O2/c1-4-22-13-20-16-8-6-7-9-17(16)21(14-23-5-2)19-12-15(3)10-11-18(19)20/h6-12H,4-5,13-14H2,1-3H3. The predicted octanol–water partition coefficient (Wildman–Crippen LogP) is 5.37. The van der Waals surface area contributed by atoms with Gasteiger partial charge in [-0.25, -0.2) is 0 Å². The molecule has 0 N–H and O–H groups in total. The second-order valence-corrected chi connectivity index (χ2v) is 5.83. The van der Waals surface area contributed by atoms with E-state index in [0.29, 0.717) is 13.2 Å². The summed E-state index contributed by atoms with van der Waals surface area (Å²) in [6.07, 6.45) is 0. The van der Waals surface area contributed by atoms with Crippen molar-refractivity contribution in [3.8, 4) is 0 Å². The quantitative estimate of drug-likeness (QED) is 0.570. The third-order valence-electron chi connectivity index (χ3n) is 4.30. The lowest BCUT2D eigenvalue weighted by atomic mass is 9.91. The molecule has 23 heavy (non-hydrogen) atoms. The third kappa shape index (κ3) is 3.10. The van der Waals surface area contributed by atoms with E-state index in [4.69, 9.17) is 9.47 Å². The topological polar surface area (TPSA) is 18.5 Å². The summed E-state index contributed by atoms with van der Waals surface area (Å²) in [5.41, 5.74) is 3.83. The lowest BCUT2D eigenvalue weighted by Gasteiger charge is -2.17. The summed E-state index contributed by atoms with van der Waals surface area (Å²) in [5, 5.41) is 5.10. The van der Waals surface area contributed by atoms with E-state index in [0.717, 1.165) is 13.2 Å². The van der Waals surface area contributed by atoms with E-state index in [2.05, 4.69) is 49.4 Å². The first-order valence-corrected chi connectivity index (χ1v) is 8.34. The van der Waals surface area contributed by atoms with Crippen LogP contribution in [0.15, 0.2) is 42.5 Å². The van der Waals surface area contributed by atoms with Crippen LogP contribution in [0.1, 0.15) is 30.5 Å². The van der Waals surface area contributed by atoms with Gasteiger partial charge in [0.1, 0.15) is 0 Å². The fourth-order valence-corrected chi connectivity index (χ4v) is 3.19. The average Bonchev–Trinajstić information content (AvgIpc) is 2.58. The minimum atomic E-state index is 0.644. The van der Waals surface area contributed by atoms with E-state index in [9.17, 15) is 0 Å². The molecule has 0 saturated heterocycles. The second-order valence-electron chi connectivity index (χ2n) is 5.83. The van der Waals surface area contributed by atoms with Crippen molar-refractivity contribution in [2.45, 2.75) is 34.0 Å². The predicted molar refractivity (Wildman–Crippen MR) is 96.9 cm³/mol. The Hall–Kier alpha value is -1.90. The van der Waals surface area contributed by atoms with Crippen LogP contribution < -0.4 is 0 Å². The summed E-state index contributed by atoms with van der Waals surface area (Å²) >= 11 is 0. The molecule has 0 aliphatic carbocycles. The van der Waals surface area contributed by atoms with Crippen molar-refractivity contribution in [1.82, 2.24) is 0 Å². The van der Waals surface area contributed by atoms with Gasteiger partial charge in [-0.15, -0.1) is 0 Å². The van der Waals surface area contributed by atoms with Gasteiger partial charge in [-0.1, -0.05) is 48.0 Å². The molecule has 3 aromatic rings. The van der Waals surface area contributed by atoms with E-state index < -0.39 is 0 Å². The highest BCUT2D eigenvalue weighted by Crippen LogP contribution is 2.34. The number of ether oxygens (including phenoxy) is 2. The average molecular weight is 308 g/mol. The summed E-state index contributed by atoms with van der Waals surface area (Å²) < 4.78 is 11.5. The molecule has 0 radical (unpaired) electrons. The maximum atomic E-state index is 5.77. The Kier molecular flexibility index (Phi) is 4.94. The number of aryl methyl sites for hydroxylation is 1. The Balaban J connectivity index is 2.35. The molecule has 0 fully saturated rings. The van der Waals surface area contributed by atoms with Gasteiger partial charge in [0.05, 0.1) is 13.2 Å². The van der Waals surface area contributed by atoms with Gasteiger partial charge in [-0.2, -0.15) is 0 Å². The van der Waals surface area contributed by atoms with Gasteiger partial charge in [0, 0.05) is 13.2 Å². The van der Waals surface area contributed by atoms with Crippen molar-refractivity contribution in [2.75, 3.05) is 13.2 Å². The molecule has 2 nitrogen and oxygen atoms in total. The Bertz CT molecular complexity index is 821. The lowest BCUT2D eigenvalue weighted by molar-refractivity contribution is 0.134. The van der Waals surface area contributed by atoms with Crippen LogP contribution in [-0.4, -0.2) is 13.2 Å². The minimum Gasteiger partial charge on any atom is -0.377 e. The van der Waals surface area contributed by atoms with Crippen molar-refractivity contribution >= 4 is 21.5 Å². The van der Waals surface area contributed by atoms with Crippen LogP contribution >= 0.6 is 0 Å². The highest BCUT2D eigenvalue weighted by atomic mass is 16.5. The number of fused-ring (bicyclic) bond motifs is 2. The summed E-state index contributed by atoms with van der Waals surface area (Å²) in [7, 11) is 0. The van der Waals surface area contributed by atoms with Crippen LogP contribution in [0, 0.1) is 6.92 Å². The molecule has 0 aromatic heterocycles. The first-order chi connectivity index (χ1) is 11.3. The smallest absolute Gasteiger partial charge is 0.0728 e. The number of benzene rings is 3. The van der Waals surface area contributed by atoms with Crippen molar-refractivity contribution in [1.29, 1.82) is 0 Å². The zero-order chi connectivity index (χ0) is 16.2. The van der Waals surface area contributed by atoms with E-state index >= 15 is 0 Å². The molecule has 120 valence electrons. The number of hydrogen-bond donors (Lipinski definition) is 0. The van der Waals surface area contributed by atoms with Crippen molar-refractivity contribution in [3.63, 3.8) is 0 Å². The van der Waals surface area contributed by atoms with E-state index in [1.807, 2.05) is 13.8 Å². The fraction of sp³-hybridized carbons (Fsp3) is 0.333. The normalized spacial score (nSPS) is 11.4. The lowest BCUT2D eigenvalue weighted by Crippen LogP contribution is -2.01. The zero-order valence-electron chi connectivity index (χ0n) is 14.2. The molecular weight excluding hydrogens is 284 g/mol. The van der Waals surface area contributed by atoms with Crippen LogP contribution in [0.25, 0.3) is 21.5 Å². The zero-order valence-corrected chi connectivity index (χ0v) is 14.2. The summed E-state index contributed by atoms with van der Waals surface area (Å²) in [6, 6.07) is 15.3. The molecule has 0 amide bonds. The second kappa shape index (κ2) is 7.12. The molecule has 0 saturated carbocycles. The number of hydrogen-bond acceptors (Lipinski definition) is 2. The van der Waals surface area contributed by atoms with Gasteiger partial charge in [0.15, 0.2) is 0 Å². The van der Waals surface area contributed by atoms with Crippen LogP contribution in [0.3, 0.4) is 0 Å². The number of rotatable bonds is 6. The maximum absolute atomic E-state index is 5.77. The van der Waals surface area contributed by atoms with Gasteiger partial charge in [-0.05, 0) is 53.4 Å². The van der Waals surface area contributed by atoms with Gasteiger partial charge < -0.3 is 9.47 Å². The first-order valence-electron chi connectivity index (χ1n) is 8.34. The van der Waals surface area contributed by atoms with E-state index in [1.54, 1.807) is 0 Å². The maximum Gasteiger partial charge on any atom is 0.0728 e. The first kappa shape index (κ1) is 16.0. The van der Waals surface area contributed by atoms with E-state index in [-0.39, 0.29) is 0 Å². The third-order valence-corrected chi connectivity index (χ3v) is 4.30. The Morgan fingerprint density at radius 2 is 1.22 bits per heavy atom. The monoisotopic (exact) mass is 308 g/mol. The van der Waals surface area contributed by atoms with Crippen LogP contribution in [0.5, 0.6) is 0 Å². The minimum absolute atomic E-state index is 0.644. The largest absolute Gasteiger partial charge is 0.377 e. The van der Waals surface area contributed by atoms with Crippen molar-refractivity contribution < 1.29 is 9.47 Å². The SMILES string of the molecule is CCOCc1c2ccccc2c(COCC)c2cc(C)ccc12. The molecule has 0 atom stereocenters. The summed E-state index contributed by atoms with van der Waals surface area (Å²) in [5.74, 6) is 0. The van der Waals surface area contributed by atoms with Crippen LogP contribution in [-0.2, 0) is 22.7 Å². The van der Waals surface area contributed by atoms with Crippen LogP contribution in [0.4, 0.5) is 0 Å². The van der Waals surface area contributed by atoms with Crippen LogP contribution in [0.2, 0.25) is 0 Å². The molecule has 0 aliphatic rings. The molecular formula is C21H24O2. The van der Waals surface area contributed by atoms with Gasteiger partial charge in [0.25, 0.3) is 0 Å². The molecule has 0 heterocycles. The molecule has 0 spiro atoms. The summed E-state index contributed by atoms with van der Waals surface area (Å²) in [6.45, 7) is 8.96. The summed E-state index contributed by atoms with van der Waals surface area (Å²) in [4.78, 5) is 0. The van der Waals surface area contributed by atoms with Gasteiger partial charge in [-0.3, -0.25) is 0 Å².